The molecular formula is C16H23N3O3S. The molecule has 2 aliphatic rings. The first-order valence-corrected chi connectivity index (χ1v) is 9.63. The van der Waals surface area contributed by atoms with E-state index >= 15 is 0 Å². The number of carbonyl (C=O) groups excluding carboxylic acids is 1. The van der Waals surface area contributed by atoms with Gasteiger partial charge in [-0.05, 0) is 24.4 Å². The summed E-state index contributed by atoms with van der Waals surface area (Å²) < 4.78 is 25.0. The molecule has 2 atom stereocenters. The molecule has 0 radical (unpaired) electrons. The zero-order chi connectivity index (χ0) is 16.4. The average molecular weight is 337 g/mol. The van der Waals surface area contributed by atoms with Gasteiger partial charge in [-0.25, -0.2) is 8.42 Å². The van der Waals surface area contributed by atoms with Crippen molar-refractivity contribution in [3.05, 3.63) is 35.9 Å². The van der Waals surface area contributed by atoms with Gasteiger partial charge in [0.25, 0.3) is 0 Å². The van der Waals surface area contributed by atoms with Crippen LogP contribution in [0.25, 0.3) is 0 Å². The Hall–Kier alpha value is -1.44. The number of nitrogens with two attached hydrogens (primary N) is 1. The van der Waals surface area contributed by atoms with E-state index in [0.29, 0.717) is 32.6 Å². The molecule has 6 nitrogen and oxygen atoms in total. The molecule has 2 saturated heterocycles. The zero-order valence-corrected chi connectivity index (χ0v) is 13.9. The van der Waals surface area contributed by atoms with Crippen LogP contribution in [0.1, 0.15) is 17.9 Å². The van der Waals surface area contributed by atoms with E-state index in [0.717, 1.165) is 0 Å². The third-order valence-corrected chi connectivity index (χ3v) is 6.74. The Labute approximate surface area is 137 Å². The number of nitrogens with zero attached hydrogens (tertiary/aromatic N) is 2. The summed E-state index contributed by atoms with van der Waals surface area (Å²) in [5, 5.41) is 0. The molecule has 0 bridgehead atoms. The van der Waals surface area contributed by atoms with Gasteiger partial charge in [-0.1, -0.05) is 30.3 Å². The highest BCUT2D eigenvalue weighted by atomic mass is 32.2. The fraction of sp³-hybridized carbons (Fsp3) is 0.562. The van der Waals surface area contributed by atoms with E-state index in [1.807, 2.05) is 18.2 Å². The Morgan fingerprint density at radius 3 is 2.57 bits per heavy atom. The van der Waals surface area contributed by atoms with Crippen LogP contribution in [0.5, 0.6) is 0 Å². The lowest BCUT2D eigenvalue weighted by molar-refractivity contribution is -0.130. The van der Waals surface area contributed by atoms with Crippen LogP contribution in [0.2, 0.25) is 0 Å². The first-order valence-electron chi connectivity index (χ1n) is 8.02. The maximum absolute atomic E-state index is 12.5. The summed E-state index contributed by atoms with van der Waals surface area (Å²) in [6.45, 7) is 2.14. The molecule has 3 rings (SSSR count). The van der Waals surface area contributed by atoms with Gasteiger partial charge in [-0.3, -0.25) is 4.79 Å². The van der Waals surface area contributed by atoms with Crippen molar-refractivity contribution < 1.29 is 13.2 Å². The molecule has 0 aromatic heterocycles. The van der Waals surface area contributed by atoms with Crippen LogP contribution in [-0.2, 0) is 14.8 Å². The van der Waals surface area contributed by atoms with Gasteiger partial charge < -0.3 is 10.6 Å². The number of likely N-dealkylation sites (tertiary alicyclic amines) is 1. The fourth-order valence-electron chi connectivity index (χ4n) is 3.51. The molecule has 0 spiro atoms. The molecule has 0 saturated carbocycles. The van der Waals surface area contributed by atoms with Crippen molar-refractivity contribution >= 4 is 15.9 Å². The van der Waals surface area contributed by atoms with E-state index in [1.54, 1.807) is 4.90 Å². The minimum Gasteiger partial charge on any atom is -0.341 e. The van der Waals surface area contributed by atoms with E-state index in [2.05, 4.69) is 12.1 Å². The molecule has 23 heavy (non-hydrogen) atoms. The van der Waals surface area contributed by atoms with Gasteiger partial charge in [0.05, 0.1) is 12.3 Å². The average Bonchev–Trinajstić information content (AvgIpc) is 3.12. The maximum atomic E-state index is 12.5. The molecular weight excluding hydrogens is 314 g/mol. The minimum atomic E-state index is -3.24. The van der Waals surface area contributed by atoms with E-state index < -0.39 is 10.0 Å². The summed E-state index contributed by atoms with van der Waals surface area (Å²) in [6, 6.07) is 10.1. The quantitative estimate of drug-likeness (QED) is 0.852. The van der Waals surface area contributed by atoms with Gasteiger partial charge >= 0.3 is 0 Å². The van der Waals surface area contributed by atoms with Crippen molar-refractivity contribution in [2.24, 2.45) is 11.7 Å². The predicted molar refractivity (Wildman–Crippen MR) is 88.3 cm³/mol. The lowest BCUT2D eigenvalue weighted by atomic mass is 9.89. The number of rotatable bonds is 4. The number of hydrogen-bond acceptors (Lipinski definition) is 4. The highest BCUT2D eigenvalue weighted by molar-refractivity contribution is 7.89. The SMILES string of the molecule is NC[C@@H]1CN(C(=O)CN2CCCS2(=O)=O)C[C@H]1c1ccccc1. The summed E-state index contributed by atoms with van der Waals surface area (Å²) in [6.07, 6.45) is 0.605. The first kappa shape index (κ1) is 16.4. The van der Waals surface area contributed by atoms with Crippen LogP contribution in [-0.4, -0.2) is 62.0 Å². The van der Waals surface area contributed by atoms with Crippen LogP contribution in [0, 0.1) is 5.92 Å². The van der Waals surface area contributed by atoms with Crippen LogP contribution in [0.3, 0.4) is 0 Å². The third kappa shape index (κ3) is 3.41. The van der Waals surface area contributed by atoms with Crippen molar-refractivity contribution in [2.75, 3.05) is 38.5 Å². The highest BCUT2D eigenvalue weighted by Gasteiger charge is 2.37. The molecule has 7 heteroatoms. The molecule has 2 aliphatic heterocycles. The Morgan fingerprint density at radius 1 is 1.22 bits per heavy atom. The third-order valence-electron chi connectivity index (χ3n) is 4.84. The second-order valence-electron chi connectivity index (χ2n) is 6.31. The monoisotopic (exact) mass is 337 g/mol. The van der Waals surface area contributed by atoms with Crippen LogP contribution < -0.4 is 5.73 Å². The molecule has 2 heterocycles. The molecule has 1 amide bonds. The summed E-state index contributed by atoms with van der Waals surface area (Å²) in [4.78, 5) is 14.3. The van der Waals surface area contributed by atoms with Crippen molar-refractivity contribution in [1.82, 2.24) is 9.21 Å². The Balaban J connectivity index is 1.68. The van der Waals surface area contributed by atoms with E-state index in [9.17, 15) is 13.2 Å². The summed E-state index contributed by atoms with van der Waals surface area (Å²) in [5.74, 6) is 0.474. The van der Waals surface area contributed by atoms with Crippen LogP contribution in [0.15, 0.2) is 30.3 Å². The number of benzene rings is 1. The van der Waals surface area contributed by atoms with E-state index in [-0.39, 0.29) is 30.0 Å². The zero-order valence-electron chi connectivity index (χ0n) is 13.1. The van der Waals surface area contributed by atoms with Gasteiger partial charge in [-0.15, -0.1) is 0 Å². The maximum Gasteiger partial charge on any atom is 0.237 e. The smallest absolute Gasteiger partial charge is 0.237 e. The molecule has 1 aromatic carbocycles. The van der Waals surface area contributed by atoms with Gasteiger partial charge in [0.2, 0.25) is 15.9 Å². The molecule has 0 aliphatic carbocycles. The van der Waals surface area contributed by atoms with Crippen molar-refractivity contribution in [1.29, 1.82) is 0 Å². The molecule has 2 fully saturated rings. The number of amides is 1. The van der Waals surface area contributed by atoms with E-state index in [4.69, 9.17) is 5.73 Å². The van der Waals surface area contributed by atoms with Crippen LogP contribution in [0.4, 0.5) is 0 Å². The summed E-state index contributed by atoms with van der Waals surface area (Å²) in [5.41, 5.74) is 7.07. The van der Waals surface area contributed by atoms with E-state index in [1.165, 1.54) is 9.87 Å². The molecule has 0 unspecified atom stereocenters. The first-order chi connectivity index (χ1) is 11.0. The van der Waals surface area contributed by atoms with Gasteiger partial charge in [-0.2, -0.15) is 4.31 Å². The normalized spacial score (nSPS) is 27.4. The van der Waals surface area contributed by atoms with Crippen LogP contribution >= 0.6 is 0 Å². The Kier molecular flexibility index (Phi) is 4.70. The van der Waals surface area contributed by atoms with Crippen molar-refractivity contribution in [3.63, 3.8) is 0 Å². The molecule has 2 N–H and O–H groups in total. The number of carbonyl (C=O) groups is 1. The summed E-state index contributed by atoms with van der Waals surface area (Å²) in [7, 11) is -3.24. The minimum absolute atomic E-state index is 0.0405. The second-order valence-corrected chi connectivity index (χ2v) is 8.40. The molecule has 1 aromatic rings. The fourth-order valence-corrected chi connectivity index (χ4v) is 4.98. The van der Waals surface area contributed by atoms with Gasteiger partial charge in [0, 0.05) is 25.6 Å². The molecule has 126 valence electrons. The van der Waals surface area contributed by atoms with Crippen molar-refractivity contribution in [3.8, 4) is 0 Å². The topological polar surface area (TPSA) is 83.7 Å². The Morgan fingerprint density at radius 2 is 1.96 bits per heavy atom. The predicted octanol–water partition coefficient (Wildman–Crippen LogP) is 0.223. The largest absolute Gasteiger partial charge is 0.341 e. The lowest BCUT2D eigenvalue weighted by Crippen LogP contribution is -2.40. The highest BCUT2D eigenvalue weighted by Crippen LogP contribution is 2.32. The van der Waals surface area contributed by atoms with Crippen molar-refractivity contribution in [2.45, 2.75) is 12.3 Å². The number of hydrogen-bond donors (Lipinski definition) is 1. The Bertz CT molecular complexity index is 662. The standard InChI is InChI=1S/C16H23N3O3S/c17-9-14-10-18(11-15(14)13-5-2-1-3-6-13)16(20)12-19-7-4-8-23(19,21)22/h1-3,5-6,14-15H,4,7-12,17H2/t14-,15+/m1/s1. The number of sulfonamides is 1. The lowest BCUT2D eigenvalue weighted by Gasteiger charge is -2.20. The summed E-state index contributed by atoms with van der Waals surface area (Å²) >= 11 is 0. The van der Waals surface area contributed by atoms with Gasteiger partial charge in [0.1, 0.15) is 0 Å². The van der Waals surface area contributed by atoms with Gasteiger partial charge in [0.15, 0.2) is 0 Å². The second kappa shape index (κ2) is 6.59.